The second kappa shape index (κ2) is 9.61. The van der Waals surface area contributed by atoms with E-state index in [9.17, 15) is 9.18 Å². The number of hydrogen-bond acceptors (Lipinski definition) is 4. The smallest absolute Gasteiger partial charge is 0.279 e. The highest BCUT2D eigenvalue weighted by atomic mass is 32.2. The van der Waals surface area contributed by atoms with Gasteiger partial charge in [0.1, 0.15) is 5.82 Å². The minimum absolute atomic E-state index is 0.262. The van der Waals surface area contributed by atoms with E-state index in [1.165, 1.54) is 23.5 Å². The zero-order chi connectivity index (χ0) is 17.4. The van der Waals surface area contributed by atoms with Crippen LogP contribution in [0.2, 0.25) is 0 Å². The summed E-state index contributed by atoms with van der Waals surface area (Å²) in [6.07, 6.45) is 3.06. The summed E-state index contributed by atoms with van der Waals surface area (Å²) in [5.74, 6) is 0.515. The zero-order valence-electron chi connectivity index (χ0n) is 13.1. The summed E-state index contributed by atoms with van der Waals surface area (Å²) in [6.45, 7) is 0.760. The van der Waals surface area contributed by atoms with Crippen LogP contribution in [0.4, 0.5) is 4.39 Å². The van der Waals surface area contributed by atoms with Gasteiger partial charge < -0.3 is 5.32 Å². The number of carbonyl (C=O) groups is 1. The number of nitrogens with one attached hydrogen (secondary N) is 3. The van der Waals surface area contributed by atoms with Gasteiger partial charge in [-0.2, -0.15) is 11.8 Å². The highest BCUT2D eigenvalue weighted by Crippen LogP contribution is 2.28. The van der Waals surface area contributed by atoms with E-state index in [0.29, 0.717) is 9.99 Å². The van der Waals surface area contributed by atoms with Gasteiger partial charge in [-0.05, 0) is 60.5 Å². The van der Waals surface area contributed by atoms with Crippen molar-refractivity contribution in [3.05, 3.63) is 47.1 Å². The molecule has 0 unspecified atom stereocenters. The molecule has 1 aromatic carbocycles. The first-order chi connectivity index (χ1) is 11.6. The Bertz CT molecular complexity index is 688. The first kappa shape index (κ1) is 18.7. The third-order valence-corrected chi connectivity index (χ3v) is 5.14. The molecule has 8 heteroatoms. The lowest BCUT2D eigenvalue weighted by Crippen LogP contribution is -2.46. The molecule has 1 heterocycles. The standard InChI is InChI=1S/C16H18FN3OS3/c1-23-10-2-9-18-16(22)20-19-15(21)14-8-7-13(24-14)11-3-5-12(17)6-4-11/h3-8H,2,9-10H2,1H3,(H,19,21)(H2,18,20,22). The normalized spacial score (nSPS) is 10.2. The average molecular weight is 384 g/mol. The number of thiocarbonyl (C=S) groups is 1. The molecule has 0 fully saturated rings. The van der Waals surface area contributed by atoms with Crippen LogP contribution in [-0.4, -0.2) is 29.6 Å². The monoisotopic (exact) mass is 383 g/mol. The molecule has 2 rings (SSSR count). The Kier molecular flexibility index (Phi) is 7.48. The van der Waals surface area contributed by atoms with Crippen molar-refractivity contribution in [3.8, 4) is 10.4 Å². The van der Waals surface area contributed by atoms with Gasteiger partial charge in [-0.1, -0.05) is 12.1 Å². The van der Waals surface area contributed by atoms with Crippen molar-refractivity contribution < 1.29 is 9.18 Å². The van der Waals surface area contributed by atoms with E-state index in [1.807, 2.05) is 6.07 Å². The molecule has 2 aromatic rings. The van der Waals surface area contributed by atoms with Gasteiger partial charge in [0.25, 0.3) is 5.91 Å². The predicted molar refractivity (Wildman–Crippen MR) is 104 cm³/mol. The maximum Gasteiger partial charge on any atom is 0.279 e. The summed E-state index contributed by atoms with van der Waals surface area (Å²) >= 11 is 8.20. The molecule has 1 amide bonds. The van der Waals surface area contributed by atoms with Gasteiger partial charge in [-0.3, -0.25) is 15.6 Å². The van der Waals surface area contributed by atoms with Crippen molar-refractivity contribution in [1.29, 1.82) is 0 Å². The summed E-state index contributed by atoms with van der Waals surface area (Å²) in [7, 11) is 0. The van der Waals surface area contributed by atoms with Crippen LogP contribution < -0.4 is 16.2 Å². The van der Waals surface area contributed by atoms with Crippen molar-refractivity contribution in [1.82, 2.24) is 16.2 Å². The fourth-order valence-corrected chi connectivity index (χ4v) is 3.36. The van der Waals surface area contributed by atoms with Gasteiger partial charge in [0.2, 0.25) is 0 Å². The van der Waals surface area contributed by atoms with E-state index in [1.54, 1.807) is 30.0 Å². The molecule has 4 nitrogen and oxygen atoms in total. The maximum absolute atomic E-state index is 13.0. The highest BCUT2D eigenvalue weighted by molar-refractivity contribution is 7.98. The number of thioether (sulfide) groups is 1. The molecule has 1 aromatic heterocycles. The molecule has 128 valence electrons. The van der Waals surface area contributed by atoms with Crippen molar-refractivity contribution in [2.75, 3.05) is 18.6 Å². The molecule has 0 radical (unpaired) electrons. The number of halogens is 1. The van der Waals surface area contributed by atoms with E-state index in [2.05, 4.69) is 22.4 Å². The van der Waals surface area contributed by atoms with E-state index in [-0.39, 0.29) is 11.7 Å². The minimum Gasteiger partial charge on any atom is -0.361 e. The molecule has 0 aliphatic heterocycles. The van der Waals surface area contributed by atoms with Gasteiger partial charge >= 0.3 is 0 Å². The van der Waals surface area contributed by atoms with Crippen LogP contribution in [0.3, 0.4) is 0 Å². The van der Waals surface area contributed by atoms with Crippen molar-refractivity contribution >= 4 is 46.3 Å². The molecule has 0 atom stereocenters. The molecule has 0 aliphatic rings. The van der Waals surface area contributed by atoms with Gasteiger partial charge in [0.05, 0.1) is 4.88 Å². The molecular weight excluding hydrogens is 365 g/mol. The molecule has 0 bridgehead atoms. The Morgan fingerprint density at radius 2 is 1.96 bits per heavy atom. The van der Waals surface area contributed by atoms with Crippen molar-refractivity contribution in [2.24, 2.45) is 0 Å². The molecule has 0 saturated heterocycles. The Morgan fingerprint density at radius 1 is 1.21 bits per heavy atom. The van der Waals surface area contributed by atoms with E-state index in [4.69, 9.17) is 12.2 Å². The summed E-state index contributed by atoms with van der Waals surface area (Å²) in [6, 6.07) is 9.75. The van der Waals surface area contributed by atoms with E-state index < -0.39 is 0 Å². The molecule has 0 saturated carbocycles. The second-order valence-electron chi connectivity index (χ2n) is 4.85. The topological polar surface area (TPSA) is 53.2 Å². The summed E-state index contributed by atoms with van der Waals surface area (Å²) in [4.78, 5) is 13.6. The van der Waals surface area contributed by atoms with Crippen LogP contribution in [0, 0.1) is 5.82 Å². The Morgan fingerprint density at radius 3 is 2.67 bits per heavy atom. The summed E-state index contributed by atoms with van der Waals surface area (Å²) < 4.78 is 13.0. The SMILES string of the molecule is CSCCCNC(=S)NNC(=O)c1ccc(-c2ccc(F)cc2)s1. The zero-order valence-corrected chi connectivity index (χ0v) is 15.5. The van der Waals surface area contributed by atoms with Crippen LogP contribution in [0.25, 0.3) is 10.4 Å². The average Bonchev–Trinajstić information content (AvgIpc) is 3.07. The number of benzene rings is 1. The van der Waals surface area contributed by atoms with Crippen molar-refractivity contribution in [3.63, 3.8) is 0 Å². The Balaban J connectivity index is 1.83. The Hall–Kier alpha value is -1.64. The third kappa shape index (κ3) is 5.77. The highest BCUT2D eigenvalue weighted by Gasteiger charge is 2.10. The molecular formula is C16H18FN3OS3. The third-order valence-electron chi connectivity index (χ3n) is 3.06. The summed E-state index contributed by atoms with van der Waals surface area (Å²) in [5.41, 5.74) is 6.13. The number of thiophene rings is 1. The van der Waals surface area contributed by atoms with E-state index in [0.717, 1.165) is 29.2 Å². The van der Waals surface area contributed by atoms with Crippen LogP contribution in [-0.2, 0) is 0 Å². The molecule has 3 N–H and O–H groups in total. The van der Waals surface area contributed by atoms with Gasteiger partial charge in [0, 0.05) is 11.4 Å². The number of rotatable bonds is 6. The lowest BCUT2D eigenvalue weighted by molar-refractivity contribution is 0.0948. The van der Waals surface area contributed by atoms with Crippen molar-refractivity contribution in [2.45, 2.75) is 6.42 Å². The fourth-order valence-electron chi connectivity index (χ4n) is 1.87. The molecule has 0 aliphatic carbocycles. The van der Waals surface area contributed by atoms with Crippen LogP contribution in [0.1, 0.15) is 16.1 Å². The first-order valence-electron chi connectivity index (χ1n) is 7.29. The quantitative estimate of drug-likeness (QED) is 0.405. The fraction of sp³-hybridized carbons (Fsp3) is 0.250. The lowest BCUT2D eigenvalue weighted by Gasteiger charge is -2.10. The molecule has 0 spiro atoms. The number of hydrazine groups is 1. The van der Waals surface area contributed by atoms with Crippen LogP contribution >= 0.6 is 35.3 Å². The van der Waals surface area contributed by atoms with E-state index >= 15 is 0 Å². The van der Waals surface area contributed by atoms with Gasteiger partial charge in [-0.25, -0.2) is 4.39 Å². The largest absolute Gasteiger partial charge is 0.361 e. The van der Waals surface area contributed by atoms with Gasteiger partial charge in [0.15, 0.2) is 5.11 Å². The number of hydrogen-bond donors (Lipinski definition) is 3. The maximum atomic E-state index is 13.0. The minimum atomic E-state index is -0.281. The summed E-state index contributed by atoms with van der Waals surface area (Å²) in [5, 5.41) is 3.41. The predicted octanol–water partition coefficient (Wildman–Crippen LogP) is 3.42. The Labute approximate surface area is 154 Å². The lowest BCUT2D eigenvalue weighted by atomic mass is 10.2. The first-order valence-corrected chi connectivity index (χ1v) is 9.91. The van der Waals surface area contributed by atoms with Gasteiger partial charge in [-0.15, -0.1) is 11.3 Å². The van der Waals surface area contributed by atoms with Crippen LogP contribution in [0.5, 0.6) is 0 Å². The number of carbonyl (C=O) groups excluding carboxylic acids is 1. The van der Waals surface area contributed by atoms with Crippen LogP contribution in [0.15, 0.2) is 36.4 Å². The number of amides is 1. The second-order valence-corrected chi connectivity index (χ2v) is 7.33. The molecule has 24 heavy (non-hydrogen) atoms.